The van der Waals surface area contributed by atoms with Gasteiger partial charge in [-0.3, -0.25) is 9.69 Å². The molecule has 0 aliphatic carbocycles. The number of piperidine rings is 1. The van der Waals surface area contributed by atoms with Crippen molar-refractivity contribution in [3.63, 3.8) is 0 Å². The third-order valence-electron chi connectivity index (χ3n) is 7.16. The van der Waals surface area contributed by atoms with E-state index in [-0.39, 0.29) is 17.2 Å². The Morgan fingerprint density at radius 3 is 2.76 bits per heavy atom. The number of rotatable bonds is 5. The summed E-state index contributed by atoms with van der Waals surface area (Å²) in [5.74, 6) is 0.530. The summed E-state index contributed by atoms with van der Waals surface area (Å²) in [5, 5.41) is 4.67. The highest BCUT2D eigenvalue weighted by Crippen LogP contribution is 2.34. The van der Waals surface area contributed by atoms with Crippen molar-refractivity contribution in [1.82, 2.24) is 24.4 Å². The van der Waals surface area contributed by atoms with Gasteiger partial charge in [0.2, 0.25) is 5.91 Å². The summed E-state index contributed by atoms with van der Waals surface area (Å²) in [6.07, 6.45) is 6.22. The number of benzene rings is 1. The fourth-order valence-corrected chi connectivity index (χ4v) is 5.09. The molecule has 4 heterocycles. The third kappa shape index (κ3) is 5.09. The van der Waals surface area contributed by atoms with Crippen LogP contribution in [0.4, 0.5) is 0 Å². The van der Waals surface area contributed by atoms with E-state index >= 15 is 0 Å². The normalized spacial score (nSPS) is 21.7. The summed E-state index contributed by atoms with van der Waals surface area (Å²) in [4.78, 5) is 22.4. The summed E-state index contributed by atoms with van der Waals surface area (Å²) in [5.41, 5.74) is 2.89. The lowest BCUT2D eigenvalue weighted by atomic mass is 9.78. The average molecular weight is 448 g/mol. The van der Waals surface area contributed by atoms with Crippen molar-refractivity contribution in [2.75, 3.05) is 39.4 Å². The number of carbonyl (C=O) groups excluding carboxylic acids is 1. The van der Waals surface area contributed by atoms with Crippen LogP contribution in [-0.2, 0) is 22.5 Å². The van der Waals surface area contributed by atoms with Crippen LogP contribution >= 0.6 is 0 Å². The molecular formula is C26H33N5O2. The Morgan fingerprint density at radius 1 is 1.12 bits per heavy atom. The van der Waals surface area contributed by atoms with Crippen LogP contribution in [0.25, 0.3) is 5.65 Å². The monoisotopic (exact) mass is 447 g/mol. The Morgan fingerprint density at radius 2 is 1.94 bits per heavy atom. The molecule has 3 aromatic rings. The van der Waals surface area contributed by atoms with Crippen molar-refractivity contribution in [2.45, 2.75) is 32.7 Å². The van der Waals surface area contributed by atoms with Gasteiger partial charge in [-0.2, -0.15) is 5.10 Å². The van der Waals surface area contributed by atoms with Gasteiger partial charge in [0.25, 0.3) is 0 Å². The molecule has 2 fully saturated rings. The molecule has 0 N–H and O–H groups in total. The Labute approximate surface area is 195 Å². The molecule has 2 saturated heterocycles. The van der Waals surface area contributed by atoms with Gasteiger partial charge in [-0.25, -0.2) is 9.50 Å². The van der Waals surface area contributed by atoms with Crippen LogP contribution in [0.15, 0.2) is 54.9 Å². The molecule has 174 valence electrons. The van der Waals surface area contributed by atoms with Crippen LogP contribution in [0, 0.1) is 11.3 Å². The number of nitrogens with zero attached hydrogens (tertiary/aromatic N) is 5. The molecule has 5 rings (SSSR count). The molecular weight excluding hydrogens is 414 g/mol. The predicted molar refractivity (Wildman–Crippen MR) is 127 cm³/mol. The molecule has 0 spiro atoms. The maximum absolute atomic E-state index is 13.7. The number of amides is 1. The van der Waals surface area contributed by atoms with E-state index in [2.05, 4.69) is 57.1 Å². The zero-order chi connectivity index (χ0) is 22.7. The summed E-state index contributed by atoms with van der Waals surface area (Å²) >= 11 is 0. The van der Waals surface area contributed by atoms with E-state index in [9.17, 15) is 4.79 Å². The second-order valence-corrected chi connectivity index (χ2v) is 9.77. The zero-order valence-electron chi connectivity index (χ0n) is 19.4. The largest absolute Gasteiger partial charge is 0.379 e. The molecule has 2 aliphatic rings. The van der Waals surface area contributed by atoms with Gasteiger partial charge in [0.15, 0.2) is 5.65 Å². The third-order valence-corrected chi connectivity index (χ3v) is 7.16. The number of fused-ring (bicyclic) bond motifs is 1. The smallest absolute Gasteiger partial charge is 0.228 e. The highest BCUT2D eigenvalue weighted by atomic mass is 16.5. The Kier molecular flexibility index (Phi) is 6.42. The fourth-order valence-electron chi connectivity index (χ4n) is 5.09. The van der Waals surface area contributed by atoms with Crippen molar-refractivity contribution in [3.8, 4) is 0 Å². The van der Waals surface area contributed by atoms with Crippen LogP contribution < -0.4 is 0 Å². The van der Waals surface area contributed by atoms with Crippen molar-refractivity contribution < 1.29 is 9.53 Å². The lowest BCUT2D eigenvalue weighted by molar-refractivity contribution is -0.144. The molecule has 0 radical (unpaired) electrons. The molecule has 0 bridgehead atoms. The van der Waals surface area contributed by atoms with Gasteiger partial charge < -0.3 is 9.64 Å². The Hall–Kier alpha value is -2.77. The fraction of sp³-hybridized carbons (Fsp3) is 0.500. The molecule has 7 heteroatoms. The van der Waals surface area contributed by atoms with Crippen LogP contribution in [-0.4, -0.2) is 69.7 Å². The zero-order valence-corrected chi connectivity index (χ0v) is 19.4. The maximum atomic E-state index is 13.7. The highest BCUT2D eigenvalue weighted by Gasteiger charge is 2.40. The molecule has 1 atom stereocenters. The first-order valence-corrected chi connectivity index (χ1v) is 12.0. The van der Waals surface area contributed by atoms with E-state index in [1.807, 2.05) is 18.3 Å². The Balaban J connectivity index is 1.20. The first kappa shape index (κ1) is 22.0. The topological polar surface area (TPSA) is 63.0 Å². The number of ether oxygens (including phenoxy) is 1. The molecule has 2 aliphatic heterocycles. The van der Waals surface area contributed by atoms with Crippen LogP contribution in [0.5, 0.6) is 0 Å². The number of carbonyl (C=O) groups is 1. The van der Waals surface area contributed by atoms with E-state index in [1.54, 1.807) is 10.7 Å². The lowest BCUT2D eigenvalue weighted by Crippen LogP contribution is -2.50. The van der Waals surface area contributed by atoms with Gasteiger partial charge in [-0.05, 0) is 50.0 Å². The minimum absolute atomic E-state index is 0.242. The molecule has 33 heavy (non-hydrogen) atoms. The standard InChI is InChI=1S/C26H33N5O2/c1-26(9-12-29(13-10-26)18-21-5-3-2-4-6-21)25(32)30-15-16-33-20-22(19-30)17-23-7-8-24-27-11-14-31(24)28-23/h2-8,11,14,22H,9-10,12-13,15-20H2,1H3/t22-/m0/s1. The summed E-state index contributed by atoms with van der Waals surface area (Å²) in [7, 11) is 0. The lowest BCUT2D eigenvalue weighted by Gasteiger charge is -2.41. The number of hydrogen-bond donors (Lipinski definition) is 0. The molecule has 7 nitrogen and oxygen atoms in total. The number of hydrogen-bond acceptors (Lipinski definition) is 5. The second-order valence-electron chi connectivity index (χ2n) is 9.77. The van der Waals surface area contributed by atoms with Crippen molar-refractivity contribution in [2.24, 2.45) is 11.3 Å². The number of imidazole rings is 1. The first-order valence-electron chi connectivity index (χ1n) is 12.0. The average Bonchev–Trinajstić information content (AvgIpc) is 3.18. The van der Waals surface area contributed by atoms with Crippen LogP contribution in [0.2, 0.25) is 0 Å². The predicted octanol–water partition coefficient (Wildman–Crippen LogP) is 3.05. The van der Waals surface area contributed by atoms with E-state index in [0.29, 0.717) is 19.8 Å². The summed E-state index contributed by atoms with van der Waals surface area (Å²) < 4.78 is 7.69. The van der Waals surface area contributed by atoms with Gasteiger partial charge in [0, 0.05) is 43.4 Å². The molecule has 0 unspecified atom stereocenters. The van der Waals surface area contributed by atoms with Crippen molar-refractivity contribution in [3.05, 3.63) is 66.1 Å². The van der Waals surface area contributed by atoms with Gasteiger partial charge in [-0.15, -0.1) is 0 Å². The number of aromatic nitrogens is 3. The summed E-state index contributed by atoms with van der Waals surface area (Å²) in [6.45, 7) is 7.70. The SMILES string of the molecule is CC1(C(=O)N2CCOC[C@@H](Cc3ccc4nccn4n3)C2)CCN(Cc2ccccc2)CC1. The molecule has 0 saturated carbocycles. The van der Waals surface area contributed by atoms with E-state index in [0.717, 1.165) is 56.8 Å². The Bertz CT molecular complexity index is 1070. The van der Waals surface area contributed by atoms with Crippen molar-refractivity contribution in [1.29, 1.82) is 0 Å². The minimum Gasteiger partial charge on any atom is -0.379 e. The van der Waals surface area contributed by atoms with E-state index in [1.165, 1.54) is 5.56 Å². The van der Waals surface area contributed by atoms with Gasteiger partial charge in [-0.1, -0.05) is 37.3 Å². The van der Waals surface area contributed by atoms with E-state index in [4.69, 9.17) is 4.74 Å². The quantitative estimate of drug-likeness (QED) is 0.602. The van der Waals surface area contributed by atoms with Crippen LogP contribution in [0.3, 0.4) is 0 Å². The maximum Gasteiger partial charge on any atom is 0.228 e. The van der Waals surface area contributed by atoms with Gasteiger partial charge in [0.1, 0.15) is 0 Å². The van der Waals surface area contributed by atoms with Gasteiger partial charge >= 0.3 is 0 Å². The highest BCUT2D eigenvalue weighted by molar-refractivity contribution is 5.82. The minimum atomic E-state index is -0.296. The number of likely N-dealkylation sites (tertiary alicyclic amines) is 1. The van der Waals surface area contributed by atoms with Crippen LogP contribution in [0.1, 0.15) is 31.0 Å². The van der Waals surface area contributed by atoms with Gasteiger partial charge in [0.05, 0.1) is 18.9 Å². The first-order chi connectivity index (χ1) is 16.1. The molecule has 1 aromatic carbocycles. The second kappa shape index (κ2) is 9.61. The van der Waals surface area contributed by atoms with Crippen molar-refractivity contribution >= 4 is 11.6 Å². The summed E-state index contributed by atoms with van der Waals surface area (Å²) in [6, 6.07) is 14.6. The molecule has 1 amide bonds. The van der Waals surface area contributed by atoms with E-state index < -0.39 is 0 Å². The molecule has 2 aromatic heterocycles.